The summed E-state index contributed by atoms with van der Waals surface area (Å²) in [6.45, 7) is 4.03. The molecule has 2 amide bonds. The summed E-state index contributed by atoms with van der Waals surface area (Å²) >= 11 is 1.43. The van der Waals surface area contributed by atoms with Gasteiger partial charge in [0.1, 0.15) is 5.01 Å². The maximum atomic E-state index is 12.7. The van der Waals surface area contributed by atoms with Crippen molar-refractivity contribution in [3.63, 3.8) is 0 Å². The summed E-state index contributed by atoms with van der Waals surface area (Å²) in [5, 5.41) is 12.6. The van der Waals surface area contributed by atoms with Crippen LogP contribution in [0.4, 0.5) is 5.13 Å². The molecular weight excluding hydrogens is 374 g/mol. The van der Waals surface area contributed by atoms with Crippen molar-refractivity contribution in [2.24, 2.45) is 5.92 Å². The van der Waals surface area contributed by atoms with Crippen molar-refractivity contribution in [1.29, 1.82) is 0 Å². The number of carbonyl (C=O) groups is 2. The zero-order valence-electron chi connectivity index (χ0n) is 16.6. The van der Waals surface area contributed by atoms with E-state index in [2.05, 4.69) is 20.4 Å². The highest BCUT2D eigenvalue weighted by molar-refractivity contribution is 7.15. The number of aryl methyl sites for hydroxylation is 1. The highest BCUT2D eigenvalue weighted by Crippen LogP contribution is 2.23. The van der Waals surface area contributed by atoms with E-state index in [9.17, 15) is 9.59 Å². The summed E-state index contributed by atoms with van der Waals surface area (Å²) in [6.07, 6.45) is 2.14. The molecule has 1 aromatic heterocycles. The van der Waals surface area contributed by atoms with E-state index >= 15 is 0 Å². The van der Waals surface area contributed by atoms with Gasteiger partial charge in [0.2, 0.25) is 11.0 Å². The van der Waals surface area contributed by atoms with Crippen LogP contribution in [0.15, 0.2) is 24.3 Å². The highest BCUT2D eigenvalue weighted by Gasteiger charge is 2.28. The number of likely N-dealkylation sites (N-methyl/N-ethyl adjacent to an activating group) is 1. The Bertz CT molecular complexity index is 828. The first-order valence-corrected chi connectivity index (χ1v) is 10.4. The summed E-state index contributed by atoms with van der Waals surface area (Å²) in [5.41, 5.74) is 1.72. The highest BCUT2D eigenvalue weighted by atomic mass is 32.1. The van der Waals surface area contributed by atoms with Crippen LogP contribution in [-0.2, 0) is 11.2 Å². The summed E-state index contributed by atoms with van der Waals surface area (Å²) in [7, 11) is 4.03. The van der Waals surface area contributed by atoms with Gasteiger partial charge in [-0.15, -0.1) is 10.2 Å². The monoisotopic (exact) mass is 401 g/mol. The molecule has 0 unspecified atom stereocenters. The summed E-state index contributed by atoms with van der Waals surface area (Å²) < 4.78 is 0. The second-order valence-corrected chi connectivity index (χ2v) is 8.49. The number of benzene rings is 1. The van der Waals surface area contributed by atoms with Gasteiger partial charge < -0.3 is 15.1 Å². The molecule has 1 aromatic carbocycles. The van der Waals surface area contributed by atoms with Gasteiger partial charge in [-0.25, -0.2) is 0 Å². The van der Waals surface area contributed by atoms with Gasteiger partial charge in [-0.2, -0.15) is 0 Å². The van der Waals surface area contributed by atoms with Crippen LogP contribution in [0.3, 0.4) is 0 Å². The standard InChI is InChI=1S/C20H27N5O2S/c1-14-6-4-5-7-16(14)19(27)25-12-8-15(9-13-25)18(26)21-20-23-22-17(28-20)10-11-24(2)3/h4-7,15H,8-13H2,1-3H3,(H,21,23,26). The van der Waals surface area contributed by atoms with Crippen LogP contribution in [0.5, 0.6) is 0 Å². The van der Waals surface area contributed by atoms with E-state index in [1.165, 1.54) is 11.3 Å². The van der Waals surface area contributed by atoms with E-state index in [0.29, 0.717) is 31.1 Å². The Labute approximate surface area is 169 Å². The molecule has 2 heterocycles. The molecule has 1 fully saturated rings. The van der Waals surface area contributed by atoms with Crippen molar-refractivity contribution < 1.29 is 9.59 Å². The van der Waals surface area contributed by atoms with Crippen LogP contribution >= 0.6 is 11.3 Å². The summed E-state index contributed by atoms with van der Waals surface area (Å²) in [6, 6.07) is 7.62. The Morgan fingerprint density at radius 3 is 2.61 bits per heavy atom. The number of nitrogens with zero attached hydrogens (tertiary/aromatic N) is 4. The van der Waals surface area contributed by atoms with E-state index < -0.39 is 0 Å². The minimum absolute atomic E-state index is 0.0294. The lowest BCUT2D eigenvalue weighted by molar-refractivity contribution is -0.121. The van der Waals surface area contributed by atoms with Crippen LogP contribution in [0, 0.1) is 12.8 Å². The van der Waals surface area contributed by atoms with Gasteiger partial charge in [0.25, 0.3) is 5.91 Å². The predicted octanol–water partition coefficient (Wildman–Crippen LogP) is 2.44. The first-order valence-electron chi connectivity index (χ1n) is 9.57. The lowest BCUT2D eigenvalue weighted by atomic mass is 9.95. The van der Waals surface area contributed by atoms with Gasteiger partial charge >= 0.3 is 0 Å². The molecule has 1 aliphatic heterocycles. The fraction of sp³-hybridized carbons (Fsp3) is 0.500. The van der Waals surface area contributed by atoms with Crippen LogP contribution in [-0.4, -0.2) is 65.5 Å². The average Bonchev–Trinajstić information content (AvgIpc) is 3.13. The maximum absolute atomic E-state index is 12.7. The molecule has 0 saturated carbocycles. The fourth-order valence-electron chi connectivity index (χ4n) is 3.26. The number of anilines is 1. The minimum atomic E-state index is -0.102. The van der Waals surface area contributed by atoms with Gasteiger partial charge in [0, 0.05) is 37.5 Å². The molecule has 1 aliphatic rings. The number of nitrogens with one attached hydrogen (secondary N) is 1. The van der Waals surface area contributed by atoms with Gasteiger partial charge in [0.15, 0.2) is 0 Å². The fourth-order valence-corrected chi connectivity index (χ4v) is 3.99. The van der Waals surface area contributed by atoms with Crippen LogP contribution in [0.2, 0.25) is 0 Å². The third-order valence-electron chi connectivity index (χ3n) is 5.00. The van der Waals surface area contributed by atoms with E-state index in [0.717, 1.165) is 29.1 Å². The first-order chi connectivity index (χ1) is 13.4. The quantitative estimate of drug-likeness (QED) is 0.804. The Balaban J connectivity index is 1.50. The molecule has 3 rings (SSSR count). The minimum Gasteiger partial charge on any atom is -0.339 e. The number of amides is 2. The Hall–Kier alpha value is -2.32. The third-order valence-corrected chi connectivity index (χ3v) is 5.90. The molecule has 150 valence electrons. The molecule has 0 aliphatic carbocycles. The lowest BCUT2D eigenvalue weighted by Crippen LogP contribution is -2.41. The number of hydrogen-bond donors (Lipinski definition) is 1. The Kier molecular flexibility index (Phi) is 6.74. The lowest BCUT2D eigenvalue weighted by Gasteiger charge is -2.31. The van der Waals surface area contributed by atoms with Crippen molar-refractivity contribution in [1.82, 2.24) is 20.0 Å². The van der Waals surface area contributed by atoms with Gasteiger partial charge in [-0.1, -0.05) is 29.5 Å². The van der Waals surface area contributed by atoms with Crippen LogP contribution < -0.4 is 5.32 Å². The van der Waals surface area contributed by atoms with Crippen molar-refractivity contribution >= 4 is 28.3 Å². The Morgan fingerprint density at radius 2 is 1.93 bits per heavy atom. The summed E-state index contributed by atoms with van der Waals surface area (Å²) in [5.74, 6) is -0.0834. The zero-order valence-corrected chi connectivity index (χ0v) is 17.5. The molecule has 0 bridgehead atoms. The topological polar surface area (TPSA) is 78.4 Å². The number of rotatable bonds is 6. The number of aromatic nitrogens is 2. The molecule has 0 atom stereocenters. The van der Waals surface area contributed by atoms with Crippen molar-refractivity contribution in [3.8, 4) is 0 Å². The van der Waals surface area contributed by atoms with E-state index in [1.807, 2.05) is 50.2 Å². The number of piperidine rings is 1. The van der Waals surface area contributed by atoms with E-state index in [4.69, 9.17) is 0 Å². The van der Waals surface area contributed by atoms with Gasteiger partial charge in [-0.3, -0.25) is 9.59 Å². The molecule has 0 radical (unpaired) electrons. The molecule has 7 nitrogen and oxygen atoms in total. The van der Waals surface area contributed by atoms with E-state index in [1.54, 1.807) is 0 Å². The second-order valence-electron chi connectivity index (χ2n) is 7.42. The molecule has 1 N–H and O–H groups in total. The van der Waals surface area contributed by atoms with Crippen molar-refractivity contribution in [2.45, 2.75) is 26.2 Å². The zero-order chi connectivity index (χ0) is 20.1. The van der Waals surface area contributed by atoms with E-state index in [-0.39, 0.29) is 17.7 Å². The Morgan fingerprint density at radius 1 is 1.21 bits per heavy atom. The smallest absolute Gasteiger partial charge is 0.254 e. The molecule has 1 saturated heterocycles. The first kappa shape index (κ1) is 20.4. The van der Waals surface area contributed by atoms with Gasteiger partial charge in [-0.05, 0) is 45.5 Å². The van der Waals surface area contributed by atoms with Crippen LogP contribution in [0.25, 0.3) is 0 Å². The molecule has 8 heteroatoms. The maximum Gasteiger partial charge on any atom is 0.254 e. The van der Waals surface area contributed by atoms with Crippen molar-refractivity contribution in [2.75, 3.05) is 39.0 Å². The second kappa shape index (κ2) is 9.25. The number of likely N-dealkylation sites (tertiary alicyclic amines) is 1. The third kappa shape index (κ3) is 5.14. The molecule has 0 spiro atoms. The van der Waals surface area contributed by atoms with Crippen LogP contribution in [0.1, 0.15) is 33.8 Å². The molecule has 2 aromatic rings. The summed E-state index contributed by atoms with van der Waals surface area (Å²) in [4.78, 5) is 29.2. The number of hydrogen-bond acceptors (Lipinski definition) is 6. The normalized spacial score (nSPS) is 15.1. The SMILES string of the molecule is Cc1ccccc1C(=O)N1CCC(C(=O)Nc2nnc(CCN(C)C)s2)CC1. The molecule has 28 heavy (non-hydrogen) atoms. The molecular formula is C20H27N5O2S. The average molecular weight is 402 g/mol. The number of carbonyl (C=O) groups excluding carboxylic acids is 2. The van der Waals surface area contributed by atoms with Gasteiger partial charge in [0.05, 0.1) is 0 Å². The largest absolute Gasteiger partial charge is 0.339 e. The predicted molar refractivity (Wildman–Crippen MR) is 111 cm³/mol. The van der Waals surface area contributed by atoms with Crippen molar-refractivity contribution in [3.05, 3.63) is 40.4 Å².